The molecule has 86 valence electrons. The highest BCUT2D eigenvalue weighted by molar-refractivity contribution is 7.99. The van der Waals surface area contributed by atoms with Gasteiger partial charge in [0.25, 0.3) is 0 Å². The lowest BCUT2D eigenvalue weighted by Crippen LogP contribution is -2.50. The highest BCUT2D eigenvalue weighted by Crippen LogP contribution is 2.31. The summed E-state index contributed by atoms with van der Waals surface area (Å²) in [4.78, 5) is 11.5. The van der Waals surface area contributed by atoms with E-state index >= 15 is 0 Å². The number of benzene rings is 1. The SMILES string of the molecule is NC(=O)C1(Nc2cccc(Cl)c2)CCSC1. The van der Waals surface area contributed by atoms with Crippen LogP contribution in [0.25, 0.3) is 0 Å². The van der Waals surface area contributed by atoms with E-state index in [1.54, 1.807) is 23.9 Å². The Hall–Kier alpha value is -0.870. The number of hydrogen-bond donors (Lipinski definition) is 2. The van der Waals surface area contributed by atoms with Gasteiger partial charge in [-0.25, -0.2) is 0 Å². The largest absolute Gasteiger partial charge is 0.370 e. The third-order valence-electron chi connectivity index (χ3n) is 2.70. The molecule has 0 aliphatic carbocycles. The minimum atomic E-state index is -0.616. The van der Waals surface area contributed by atoms with Crippen molar-refractivity contribution in [1.29, 1.82) is 0 Å². The van der Waals surface area contributed by atoms with Gasteiger partial charge in [0, 0.05) is 16.5 Å². The van der Waals surface area contributed by atoms with E-state index in [1.807, 2.05) is 12.1 Å². The summed E-state index contributed by atoms with van der Waals surface area (Å²) in [5.41, 5.74) is 5.70. The topological polar surface area (TPSA) is 55.1 Å². The van der Waals surface area contributed by atoms with Gasteiger partial charge >= 0.3 is 0 Å². The van der Waals surface area contributed by atoms with Gasteiger partial charge in [-0.1, -0.05) is 17.7 Å². The Morgan fingerprint density at radius 2 is 2.38 bits per heavy atom. The Balaban J connectivity index is 2.21. The number of thioether (sulfide) groups is 1. The van der Waals surface area contributed by atoms with Crippen LogP contribution >= 0.6 is 23.4 Å². The number of hydrogen-bond acceptors (Lipinski definition) is 3. The van der Waals surface area contributed by atoms with E-state index in [-0.39, 0.29) is 5.91 Å². The molecule has 1 atom stereocenters. The van der Waals surface area contributed by atoms with Gasteiger partial charge in [0.2, 0.25) is 5.91 Å². The molecule has 1 aromatic carbocycles. The molecule has 1 fully saturated rings. The number of anilines is 1. The second kappa shape index (κ2) is 4.55. The van der Waals surface area contributed by atoms with Crippen LogP contribution in [0, 0.1) is 0 Å². The Morgan fingerprint density at radius 3 is 2.94 bits per heavy atom. The molecule has 1 saturated heterocycles. The summed E-state index contributed by atoms with van der Waals surface area (Å²) in [6, 6.07) is 7.34. The van der Waals surface area contributed by atoms with Gasteiger partial charge in [0.05, 0.1) is 0 Å². The molecule has 1 amide bonds. The fraction of sp³-hybridized carbons (Fsp3) is 0.364. The van der Waals surface area contributed by atoms with Crippen molar-refractivity contribution in [2.75, 3.05) is 16.8 Å². The van der Waals surface area contributed by atoms with E-state index in [1.165, 1.54) is 0 Å². The Bertz CT molecular complexity index is 405. The van der Waals surface area contributed by atoms with Crippen LogP contribution < -0.4 is 11.1 Å². The minimum Gasteiger partial charge on any atom is -0.370 e. The zero-order valence-electron chi connectivity index (χ0n) is 8.70. The zero-order valence-corrected chi connectivity index (χ0v) is 10.3. The highest BCUT2D eigenvalue weighted by Gasteiger charge is 2.40. The molecule has 1 aliphatic rings. The lowest BCUT2D eigenvalue weighted by molar-refractivity contribution is -0.121. The van der Waals surface area contributed by atoms with Crippen LogP contribution in [0.2, 0.25) is 5.02 Å². The third-order valence-corrected chi connectivity index (χ3v) is 4.13. The molecule has 1 unspecified atom stereocenters. The number of carbonyl (C=O) groups excluding carboxylic acids is 1. The normalized spacial score (nSPS) is 24.3. The predicted octanol–water partition coefficient (Wildman–Crippen LogP) is 2.11. The predicted molar refractivity (Wildman–Crippen MR) is 68.9 cm³/mol. The van der Waals surface area contributed by atoms with Gasteiger partial charge in [-0.15, -0.1) is 0 Å². The molecule has 1 aliphatic heterocycles. The van der Waals surface area contributed by atoms with Crippen LogP contribution in [0.1, 0.15) is 6.42 Å². The maximum atomic E-state index is 11.5. The van der Waals surface area contributed by atoms with Crippen molar-refractivity contribution < 1.29 is 4.79 Å². The second-order valence-electron chi connectivity index (χ2n) is 3.88. The van der Waals surface area contributed by atoms with Crippen LogP contribution in [-0.4, -0.2) is 23.0 Å². The number of amides is 1. The van der Waals surface area contributed by atoms with Crippen LogP contribution in [0.3, 0.4) is 0 Å². The van der Waals surface area contributed by atoms with E-state index in [0.29, 0.717) is 5.02 Å². The monoisotopic (exact) mass is 256 g/mol. The van der Waals surface area contributed by atoms with Crippen molar-refractivity contribution in [3.63, 3.8) is 0 Å². The van der Waals surface area contributed by atoms with Gasteiger partial charge in [0.15, 0.2) is 0 Å². The number of rotatable bonds is 3. The first-order chi connectivity index (χ1) is 7.62. The van der Waals surface area contributed by atoms with Crippen molar-refractivity contribution in [3.05, 3.63) is 29.3 Å². The molecule has 0 radical (unpaired) electrons. The van der Waals surface area contributed by atoms with Crippen molar-refractivity contribution >= 4 is 35.0 Å². The maximum Gasteiger partial charge on any atom is 0.243 e. The van der Waals surface area contributed by atoms with Gasteiger partial charge in [-0.05, 0) is 30.4 Å². The summed E-state index contributed by atoms with van der Waals surface area (Å²) in [6.07, 6.45) is 0.763. The molecule has 0 spiro atoms. The summed E-state index contributed by atoms with van der Waals surface area (Å²) in [5, 5.41) is 3.86. The standard InChI is InChI=1S/C11H13ClN2OS/c12-8-2-1-3-9(6-8)14-11(10(13)15)4-5-16-7-11/h1-3,6,14H,4-5,7H2,(H2,13,15). The molecule has 5 heteroatoms. The van der Waals surface area contributed by atoms with Crippen LogP contribution in [0.4, 0.5) is 5.69 Å². The minimum absolute atomic E-state index is 0.294. The van der Waals surface area contributed by atoms with Gasteiger partial charge in [-0.2, -0.15) is 11.8 Å². The first-order valence-corrected chi connectivity index (χ1v) is 6.57. The molecular weight excluding hydrogens is 244 g/mol. The second-order valence-corrected chi connectivity index (χ2v) is 5.43. The number of primary amides is 1. The highest BCUT2D eigenvalue weighted by atomic mass is 35.5. The molecule has 16 heavy (non-hydrogen) atoms. The lowest BCUT2D eigenvalue weighted by Gasteiger charge is -2.27. The van der Waals surface area contributed by atoms with Gasteiger partial charge < -0.3 is 11.1 Å². The maximum absolute atomic E-state index is 11.5. The Kier molecular flexibility index (Phi) is 3.30. The average Bonchev–Trinajstić information content (AvgIpc) is 2.67. The molecule has 3 nitrogen and oxygen atoms in total. The Labute approximate surface area is 104 Å². The third kappa shape index (κ3) is 2.28. The number of nitrogens with two attached hydrogens (primary N) is 1. The molecule has 3 N–H and O–H groups in total. The van der Waals surface area contributed by atoms with Crippen molar-refractivity contribution in [3.8, 4) is 0 Å². The van der Waals surface area contributed by atoms with Crippen molar-refractivity contribution in [2.24, 2.45) is 5.73 Å². The average molecular weight is 257 g/mol. The number of carbonyl (C=O) groups is 1. The number of halogens is 1. The fourth-order valence-corrected chi connectivity index (χ4v) is 3.30. The lowest BCUT2D eigenvalue weighted by atomic mass is 9.97. The summed E-state index contributed by atoms with van der Waals surface area (Å²) in [6.45, 7) is 0. The van der Waals surface area contributed by atoms with E-state index in [9.17, 15) is 4.79 Å². The molecule has 0 bridgehead atoms. The molecule has 0 saturated carbocycles. The van der Waals surface area contributed by atoms with Crippen LogP contribution in [0.15, 0.2) is 24.3 Å². The first-order valence-electron chi connectivity index (χ1n) is 5.04. The van der Waals surface area contributed by atoms with E-state index < -0.39 is 5.54 Å². The Morgan fingerprint density at radius 1 is 1.56 bits per heavy atom. The molecule has 2 rings (SSSR count). The zero-order chi connectivity index (χ0) is 11.6. The summed E-state index contributed by atoms with van der Waals surface area (Å²) >= 11 is 7.63. The molecule has 1 heterocycles. The summed E-state index contributed by atoms with van der Waals surface area (Å²) in [7, 11) is 0. The summed E-state index contributed by atoms with van der Waals surface area (Å²) in [5.74, 6) is 1.38. The molecule has 0 aromatic heterocycles. The smallest absolute Gasteiger partial charge is 0.243 e. The first kappa shape index (κ1) is 11.6. The van der Waals surface area contributed by atoms with Crippen molar-refractivity contribution in [1.82, 2.24) is 0 Å². The van der Waals surface area contributed by atoms with E-state index in [2.05, 4.69) is 5.32 Å². The van der Waals surface area contributed by atoms with Crippen LogP contribution in [0.5, 0.6) is 0 Å². The van der Waals surface area contributed by atoms with E-state index in [0.717, 1.165) is 23.6 Å². The van der Waals surface area contributed by atoms with E-state index in [4.69, 9.17) is 17.3 Å². The quantitative estimate of drug-likeness (QED) is 0.871. The van der Waals surface area contributed by atoms with Gasteiger partial charge in [-0.3, -0.25) is 4.79 Å². The molecule has 1 aromatic rings. The van der Waals surface area contributed by atoms with Crippen molar-refractivity contribution in [2.45, 2.75) is 12.0 Å². The van der Waals surface area contributed by atoms with Crippen LogP contribution in [-0.2, 0) is 4.79 Å². The van der Waals surface area contributed by atoms with Gasteiger partial charge in [0.1, 0.15) is 5.54 Å². The molecular formula is C11H13ClN2OS. The number of nitrogens with one attached hydrogen (secondary N) is 1. The summed E-state index contributed by atoms with van der Waals surface area (Å²) < 4.78 is 0. The fourth-order valence-electron chi connectivity index (χ4n) is 1.76.